The summed E-state index contributed by atoms with van der Waals surface area (Å²) in [5, 5.41) is 4.41. The minimum atomic E-state index is -0.509. The van der Waals surface area contributed by atoms with Gasteiger partial charge in [-0.3, -0.25) is 4.79 Å². The van der Waals surface area contributed by atoms with Crippen molar-refractivity contribution in [3.05, 3.63) is 52.6 Å². The standard InChI is InChI=1S/C26H29ClN4O3S/c1-16(32)29-21-15-19(8-11-28-21)23-22(18-6-5-7-20(27)14-18)30-24(35-23)17-9-12-31(13-10-17)25(33)34-26(2,3)4/h5-8,11,14-15,17H,9-10,12-13H2,1-4H3,(H,28,29,32). The van der Waals surface area contributed by atoms with Crippen LogP contribution in [0.4, 0.5) is 10.6 Å². The number of likely N-dealkylation sites (tertiary alicyclic amines) is 1. The first-order valence-corrected chi connectivity index (χ1v) is 12.8. The van der Waals surface area contributed by atoms with Crippen molar-refractivity contribution in [2.24, 2.45) is 0 Å². The highest BCUT2D eigenvalue weighted by molar-refractivity contribution is 7.15. The lowest BCUT2D eigenvalue weighted by molar-refractivity contribution is -0.114. The van der Waals surface area contributed by atoms with Gasteiger partial charge in [-0.1, -0.05) is 23.7 Å². The second-order valence-electron chi connectivity index (χ2n) is 9.59. The fourth-order valence-electron chi connectivity index (χ4n) is 3.99. The SMILES string of the molecule is CC(=O)Nc1cc(-c2sc(C3CCN(C(=O)OC(C)(C)C)CC3)nc2-c2cccc(Cl)c2)ccn1. The molecule has 1 aliphatic heterocycles. The van der Waals surface area contributed by atoms with Crippen molar-refractivity contribution < 1.29 is 14.3 Å². The van der Waals surface area contributed by atoms with Gasteiger partial charge in [-0.15, -0.1) is 11.3 Å². The minimum absolute atomic E-state index is 0.175. The number of hydrogen-bond acceptors (Lipinski definition) is 6. The molecule has 1 saturated heterocycles. The molecule has 0 unspecified atom stereocenters. The molecule has 3 heterocycles. The number of carbonyl (C=O) groups excluding carboxylic acids is 2. The Labute approximate surface area is 214 Å². The first-order chi connectivity index (χ1) is 16.6. The van der Waals surface area contributed by atoms with E-state index in [9.17, 15) is 9.59 Å². The fourth-order valence-corrected chi connectivity index (χ4v) is 5.44. The Kier molecular flexibility index (Phi) is 7.42. The number of benzene rings is 1. The molecule has 2 aromatic heterocycles. The van der Waals surface area contributed by atoms with E-state index in [1.807, 2.05) is 57.2 Å². The number of halogens is 1. The van der Waals surface area contributed by atoms with E-state index in [4.69, 9.17) is 21.3 Å². The van der Waals surface area contributed by atoms with Crippen LogP contribution in [0.3, 0.4) is 0 Å². The molecule has 184 valence electrons. The average molecular weight is 513 g/mol. The lowest BCUT2D eigenvalue weighted by Gasteiger charge is -2.32. The van der Waals surface area contributed by atoms with Gasteiger partial charge >= 0.3 is 6.09 Å². The predicted molar refractivity (Wildman–Crippen MR) is 140 cm³/mol. The highest BCUT2D eigenvalue weighted by atomic mass is 35.5. The van der Waals surface area contributed by atoms with E-state index in [1.165, 1.54) is 6.92 Å². The number of anilines is 1. The van der Waals surface area contributed by atoms with Crippen molar-refractivity contribution in [3.63, 3.8) is 0 Å². The van der Waals surface area contributed by atoms with Crippen molar-refractivity contribution in [3.8, 4) is 21.7 Å². The fraction of sp³-hybridized carbons (Fsp3) is 0.385. The van der Waals surface area contributed by atoms with Crippen molar-refractivity contribution in [2.45, 2.75) is 52.1 Å². The Balaban J connectivity index is 1.63. The van der Waals surface area contributed by atoms with Gasteiger partial charge in [-0.05, 0) is 63.4 Å². The van der Waals surface area contributed by atoms with Crippen LogP contribution in [-0.4, -0.2) is 45.6 Å². The largest absolute Gasteiger partial charge is 0.444 e. The first kappa shape index (κ1) is 25.1. The van der Waals surface area contributed by atoms with Crippen LogP contribution in [0, 0.1) is 0 Å². The molecule has 1 aromatic carbocycles. The second-order valence-corrected chi connectivity index (χ2v) is 11.1. The summed E-state index contributed by atoms with van der Waals surface area (Å²) < 4.78 is 5.53. The molecule has 0 radical (unpaired) electrons. The molecule has 1 fully saturated rings. The van der Waals surface area contributed by atoms with Gasteiger partial charge in [0.15, 0.2) is 0 Å². The number of piperidine rings is 1. The molecule has 1 N–H and O–H groups in total. The number of carbonyl (C=O) groups is 2. The quantitative estimate of drug-likeness (QED) is 0.425. The van der Waals surface area contributed by atoms with Crippen molar-refractivity contribution >= 4 is 40.8 Å². The zero-order valence-electron chi connectivity index (χ0n) is 20.3. The zero-order chi connectivity index (χ0) is 25.2. The molecule has 7 nitrogen and oxygen atoms in total. The Bertz CT molecular complexity index is 1230. The first-order valence-electron chi connectivity index (χ1n) is 11.6. The summed E-state index contributed by atoms with van der Waals surface area (Å²) in [5.74, 6) is 0.557. The third-order valence-corrected chi connectivity index (χ3v) is 7.07. The van der Waals surface area contributed by atoms with E-state index in [2.05, 4.69) is 10.3 Å². The van der Waals surface area contributed by atoms with Gasteiger partial charge in [0, 0.05) is 42.7 Å². The molecule has 2 amide bonds. The number of pyridine rings is 1. The van der Waals surface area contributed by atoms with Gasteiger partial charge in [-0.2, -0.15) is 0 Å². The van der Waals surface area contributed by atoms with Gasteiger partial charge in [0.2, 0.25) is 5.91 Å². The Morgan fingerprint density at radius 2 is 1.89 bits per heavy atom. The molecule has 4 rings (SSSR count). The summed E-state index contributed by atoms with van der Waals surface area (Å²) in [4.78, 5) is 36.1. The van der Waals surface area contributed by atoms with Gasteiger partial charge in [0.1, 0.15) is 11.4 Å². The lowest BCUT2D eigenvalue weighted by Crippen LogP contribution is -2.41. The number of aromatic nitrogens is 2. The molecule has 0 saturated carbocycles. The van der Waals surface area contributed by atoms with Crippen LogP contribution in [0.25, 0.3) is 21.7 Å². The van der Waals surface area contributed by atoms with E-state index in [-0.39, 0.29) is 17.9 Å². The van der Waals surface area contributed by atoms with Crippen molar-refractivity contribution in [2.75, 3.05) is 18.4 Å². The highest BCUT2D eigenvalue weighted by Crippen LogP contribution is 2.42. The smallest absolute Gasteiger partial charge is 0.410 e. The molecule has 3 aromatic rings. The second kappa shape index (κ2) is 10.3. The molecular weight excluding hydrogens is 484 g/mol. The van der Waals surface area contributed by atoms with E-state index in [0.29, 0.717) is 23.9 Å². The van der Waals surface area contributed by atoms with Crippen molar-refractivity contribution in [1.29, 1.82) is 0 Å². The Morgan fingerprint density at radius 1 is 1.14 bits per heavy atom. The topological polar surface area (TPSA) is 84.4 Å². The molecule has 1 aliphatic rings. The zero-order valence-corrected chi connectivity index (χ0v) is 21.9. The molecule has 0 bridgehead atoms. The number of rotatable bonds is 4. The monoisotopic (exact) mass is 512 g/mol. The van der Waals surface area contributed by atoms with Crippen LogP contribution < -0.4 is 5.32 Å². The van der Waals surface area contributed by atoms with Crippen LogP contribution in [0.1, 0.15) is 51.5 Å². The number of thiazole rings is 1. The van der Waals surface area contributed by atoms with E-state index >= 15 is 0 Å². The summed E-state index contributed by atoms with van der Waals surface area (Å²) in [6, 6.07) is 11.4. The minimum Gasteiger partial charge on any atom is -0.444 e. The van der Waals surface area contributed by atoms with Crippen molar-refractivity contribution in [1.82, 2.24) is 14.9 Å². The summed E-state index contributed by atoms with van der Waals surface area (Å²) in [5.41, 5.74) is 2.19. The highest BCUT2D eigenvalue weighted by Gasteiger charge is 2.30. The molecule has 0 atom stereocenters. The summed E-state index contributed by atoms with van der Waals surface area (Å²) in [6.07, 6.45) is 3.04. The van der Waals surface area contributed by atoms with E-state index < -0.39 is 5.60 Å². The average Bonchev–Trinajstić information content (AvgIpc) is 3.23. The summed E-state index contributed by atoms with van der Waals surface area (Å²) >= 11 is 7.93. The molecule has 0 spiro atoms. The maximum absolute atomic E-state index is 12.5. The maximum Gasteiger partial charge on any atom is 0.410 e. The van der Waals surface area contributed by atoms with Gasteiger partial charge in [0.05, 0.1) is 15.6 Å². The van der Waals surface area contributed by atoms with Crippen LogP contribution in [-0.2, 0) is 9.53 Å². The lowest BCUT2D eigenvalue weighted by atomic mass is 9.97. The number of nitrogens with one attached hydrogen (secondary N) is 1. The molecular formula is C26H29ClN4O3S. The normalized spacial score (nSPS) is 14.6. The molecule has 0 aliphatic carbocycles. The van der Waals surface area contributed by atoms with Gasteiger partial charge in [-0.25, -0.2) is 14.8 Å². The summed E-state index contributed by atoms with van der Waals surface area (Å²) in [6.45, 7) is 8.35. The van der Waals surface area contributed by atoms with Gasteiger partial charge < -0.3 is 15.0 Å². The van der Waals surface area contributed by atoms with Gasteiger partial charge in [0.25, 0.3) is 0 Å². The van der Waals surface area contributed by atoms with Crippen LogP contribution >= 0.6 is 22.9 Å². The maximum atomic E-state index is 12.5. The van der Waals surface area contributed by atoms with E-state index in [0.717, 1.165) is 39.5 Å². The number of amides is 2. The van der Waals surface area contributed by atoms with Crippen LogP contribution in [0.5, 0.6) is 0 Å². The molecule has 9 heteroatoms. The number of ether oxygens (including phenoxy) is 1. The van der Waals surface area contributed by atoms with Crippen LogP contribution in [0.15, 0.2) is 42.6 Å². The van der Waals surface area contributed by atoms with Crippen LogP contribution in [0.2, 0.25) is 5.02 Å². The Morgan fingerprint density at radius 3 is 2.54 bits per heavy atom. The summed E-state index contributed by atoms with van der Waals surface area (Å²) in [7, 11) is 0. The molecule has 35 heavy (non-hydrogen) atoms. The number of nitrogens with zero attached hydrogens (tertiary/aromatic N) is 3. The number of hydrogen-bond donors (Lipinski definition) is 1. The third kappa shape index (κ3) is 6.38. The third-order valence-electron chi connectivity index (χ3n) is 5.56. The Hall–Kier alpha value is -2.97. The van der Waals surface area contributed by atoms with E-state index in [1.54, 1.807) is 22.4 Å². The predicted octanol–water partition coefficient (Wildman–Crippen LogP) is 6.60.